The monoisotopic (exact) mass is 312 g/mol. The van der Waals surface area contributed by atoms with Gasteiger partial charge in [-0.2, -0.15) is 0 Å². The Hall–Kier alpha value is -1.07. The zero-order valence-electron chi connectivity index (χ0n) is 10.4. The minimum Gasteiger partial charge on any atom is -0.497 e. The number of benzene rings is 1. The molecule has 0 aliphatic carbocycles. The molecule has 0 bridgehead atoms. The van der Waals surface area contributed by atoms with E-state index in [1.54, 1.807) is 13.2 Å². The van der Waals surface area contributed by atoms with Crippen LogP contribution in [0, 0.1) is 5.92 Å². The highest BCUT2D eigenvalue weighted by atomic mass is 79.9. The number of hydrogen-bond acceptors (Lipinski definition) is 3. The van der Waals surface area contributed by atoms with Gasteiger partial charge in [-0.25, -0.2) is 0 Å². The topological polar surface area (TPSA) is 55.6 Å². The molecule has 98 valence electrons. The predicted molar refractivity (Wildman–Crippen MR) is 73.8 cm³/mol. The third kappa shape index (κ3) is 2.67. The molecule has 1 aliphatic rings. The molecule has 1 aliphatic heterocycles. The Bertz CT molecular complexity index is 451. The van der Waals surface area contributed by atoms with Gasteiger partial charge in [0, 0.05) is 17.6 Å². The van der Waals surface area contributed by atoms with E-state index in [1.165, 1.54) is 0 Å². The van der Waals surface area contributed by atoms with Crippen molar-refractivity contribution in [2.45, 2.75) is 6.42 Å². The van der Waals surface area contributed by atoms with Crippen molar-refractivity contribution in [3.63, 3.8) is 0 Å². The SMILES string of the molecule is COc1ccc(Br)c(C(=O)N2CC[C@H](CN)C2)c1. The quantitative estimate of drug-likeness (QED) is 0.927. The molecule has 1 saturated heterocycles. The molecular weight excluding hydrogens is 296 g/mol. The number of ether oxygens (including phenoxy) is 1. The molecule has 1 amide bonds. The summed E-state index contributed by atoms with van der Waals surface area (Å²) in [7, 11) is 1.60. The van der Waals surface area contributed by atoms with E-state index in [9.17, 15) is 4.79 Å². The van der Waals surface area contributed by atoms with Gasteiger partial charge in [-0.05, 0) is 53.0 Å². The number of nitrogens with two attached hydrogens (primary N) is 1. The van der Waals surface area contributed by atoms with Gasteiger partial charge in [0.25, 0.3) is 5.91 Å². The van der Waals surface area contributed by atoms with Crippen LogP contribution < -0.4 is 10.5 Å². The molecule has 0 radical (unpaired) electrons. The van der Waals surface area contributed by atoms with E-state index in [0.29, 0.717) is 23.8 Å². The lowest BCUT2D eigenvalue weighted by molar-refractivity contribution is 0.0786. The number of amides is 1. The van der Waals surface area contributed by atoms with E-state index in [-0.39, 0.29) is 5.91 Å². The fourth-order valence-electron chi connectivity index (χ4n) is 2.18. The fourth-order valence-corrected chi connectivity index (χ4v) is 2.59. The second-order valence-electron chi connectivity index (χ2n) is 4.49. The zero-order chi connectivity index (χ0) is 13.1. The maximum absolute atomic E-state index is 12.4. The van der Waals surface area contributed by atoms with Crippen LogP contribution in [-0.2, 0) is 0 Å². The van der Waals surface area contributed by atoms with Crippen molar-refractivity contribution in [2.75, 3.05) is 26.7 Å². The molecule has 4 nitrogen and oxygen atoms in total. The maximum atomic E-state index is 12.4. The Balaban J connectivity index is 2.18. The van der Waals surface area contributed by atoms with Gasteiger partial charge in [0.1, 0.15) is 5.75 Å². The molecule has 1 fully saturated rings. The van der Waals surface area contributed by atoms with Gasteiger partial charge in [0.05, 0.1) is 12.7 Å². The molecule has 1 aromatic carbocycles. The Labute approximate surface area is 115 Å². The summed E-state index contributed by atoms with van der Waals surface area (Å²) in [6.07, 6.45) is 0.990. The van der Waals surface area contributed by atoms with Crippen molar-refractivity contribution in [3.8, 4) is 5.75 Å². The first-order valence-electron chi connectivity index (χ1n) is 5.98. The molecule has 0 spiro atoms. The van der Waals surface area contributed by atoms with Gasteiger partial charge < -0.3 is 15.4 Å². The molecule has 18 heavy (non-hydrogen) atoms. The number of likely N-dealkylation sites (tertiary alicyclic amines) is 1. The van der Waals surface area contributed by atoms with Crippen LogP contribution in [0.1, 0.15) is 16.8 Å². The summed E-state index contributed by atoms with van der Waals surface area (Å²) >= 11 is 3.41. The Morgan fingerprint density at radius 2 is 2.39 bits per heavy atom. The number of rotatable bonds is 3. The van der Waals surface area contributed by atoms with Crippen LogP contribution in [-0.4, -0.2) is 37.6 Å². The smallest absolute Gasteiger partial charge is 0.255 e. The Morgan fingerprint density at radius 1 is 1.61 bits per heavy atom. The van der Waals surface area contributed by atoms with Gasteiger partial charge >= 0.3 is 0 Å². The van der Waals surface area contributed by atoms with E-state index >= 15 is 0 Å². The first kappa shape index (κ1) is 13.4. The van der Waals surface area contributed by atoms with E-state index in [1.807, 2.05) is 17.0 Å². The standard InChI is InChI=1S/C13H17BrN2O2/c1-18-10-2-3-12(14)11(6-10)13(17)16-5-4-9(7-15)8-16/h2-3,6,9H,4-5,7-8,15H2,1H3/t9-/m1/s1. The largest absolute Gasteiger partial charge is 0.497 e. The van der Waals surface area contributed by atoms with Crippen LogP contribution in [0.3, 0.4) is 0 Å². The minimum atomic E-state index is 0.0386. The number of halogens is 1. The summed E-state index contributed by atoms with van der Waals surface area (Å²) in [6.45, 7) is 2.17. The second kappa shape index (κ2) is 5.71. The highest BCUT2D eigenvalue weighted by Gasteiger charge is 2.27. The van der Waals surface area contributed by atoms with Crippen LogP contribution in [0.2, 0.25) is 0 Å². The predicted octanol–water partition coefficient (Wildman–Crippen LogP) is 1.88. The number of carbonyl (C=O) groups is 1. The molecule has 1 heterocycles. The third-order valence-corrected chi connectivity index (χ3v) is 4.00. The lowest BCUT2D eigenvalue weighted by Crippen LogP contribution is -2.30. The van der Waals surface area contributed by atoms with Crippen LogP contribution in [0.5, 0.6) is 5.75 Å². The third-order valence-electron chi connectivity index (χ3n) is 3.31. The number of hydrogen-bond donors (Lipinski definition) is 1. The number of carbonyl (C=O) groups excluding carboxylic acids is 1. The molecular formula is C13H17BrN2O2. The lowest BCUT2D eigenvalue weighted by atomic mass is 10.1. The molecule has 5 heteroatoms. The Kier molecular flexibility index (Phi) is 4.24. The summed E-state index contributed by atoms with van der Waals surface area (Å²) in [5.74, 6) is 1.16. The van der Waals surface area contributed by atoms with Gasteiger partial charge in [-0.15, -0.1) is 0 Å². The summed E-state index contributed by atoms with van der Waals surface area (Å²) in [6, 6.07) is 5.43. The molecule has 2 N–H and O–H groups in total. The summed E-state index contributed by atoms with van der Waals surface area (Å²) in [5.41, 5.74) is 6.29. The van der Waals surface area contributed by atoms with Gasteiger partial charge in [-0.3, -0.25) is 4.79 Å². The molecule has 0 saturated carbocycles. The van der Waals surface area contributed by atoms with Crippen molar-refractivity contribution in [1.29, 1.82) is 0 Å². The number of methoxy groups -OCH3 is 1. The average Bonchev–Trinajstić information content (AvgIpc) is 2.87. The van der Waals surface area contributed by atoms with Crippen LogP contribution in [0.4, 0.5) is 0 Å². The lowest BCUT2D eigenvalue weighted by Gasteiger charge is -2.17. The summed E-state index contributed by atoms with van der Waals surface area (Å²) < 4.78 is 5.95. The molecule has 0 aromatic heterocycles. The fraction of sp³-hybridized carbons (Fsp3) is 0.462. The summed E-state index contributed by atoms with van der Waals surface area (Å²) in [4.78, 5) is 14.3. The average molecular weight is 313 g/mol. The second-order valence-corrected chi connectivity index (χ2v) is 5.34. The van der Waals surface area contributed by atoms with Crippen molar-refractivity contribution in [2.24, 2.45) is 11.7 Å². The zero-order valence-corrected chi connectivity index (χ0v) is 11.9. The first-order valence-corrected chi connectivity index (χ1v) is 6.78. The molecule has 1 aromatic rings. The minimum absolute atomic E-state index is 0.0386. The highest BCUT2D eigenvalue weighted by Crippen LogP contribution is 2.26. The normalized spacial score (nSPS) is 19.1. The highest BCUT2D eigenvalue weighted by molar-refractivity contribution is 9.10. The van der Waals surface area contributed by atoms with E-state index in [2.05, 4.69) is 15.9 Å². The molecule has 1 atom stereocenters. The van der Waals surface area contributed by atoms with Gasteiger partial charge in [0.2, 0.25) is 0 Å². The van der Waals surface area contributed by atoms with Crippen molar-refractivity contribution in [3.05, 3.63) is 28.2 Å². The van der Waals surface area contributed by atoms with Gasteiger partial charge in [-0.1, -0.05) is 0 Å². The molecule has 0 unspecified atom stereocenters. The van der Waals surface area contributed by atoms with Crippen molar-refractivity contribution < 1.29 is 9.53 Å². The van der Waals surface area contributed by atoms with Crippen molar-refractivity contribution >= 4 is 21.8 Å². The van der Waals surface area contributed by atoms with Crippen molar-refractivity contribution in [1.82, 2.24) is 4.90 Å². The van der Waals surface area contributed by atoms with E-state index in [0.717, 1.165) is 24.0 Å². The van der Waals surface area contributed by atoms with Crippen LogP contribution in [0.25, 0.3) is 0 Å². The van der Waals surface area contributed by atoms with E-state index < -0.39 is 0 Å². The summed E-state index contributed by atoms with van der Waals surface area (Å²) in [5, 5.41) is 0. The Morgan fingerprint density at radius 3 is 3.00 bits per heavy atom. The number of nitrogens with zero attached hydrogens (tertiary/aromatic N) is 1. The van der Waals surface area contributed by atoms with E-state index in [4.69, 9.17) is 10.5 Å². The van der Waals surface area contributed by atoms with Crippen LogP contribution >= 0.6 is 15.9 Å². The first-order chi connectivity index (χ1) is 8.65. The van der Waals surface area contributed by atoms with Crippen LogP contribution in [0.15, 0.2) is 22.7 Å². The molecule has 2 rings (SSSR count). The maximum Gasteiger partial charge on any atom is 0.255 e. The van der Waals surface area contributed by atoms with Gasteiger partial charge in [0.15, 0.2) is 0 Å².